The molecule has 0 atom stereocenters. The fraction of sp³-hybridized carbons (Fsp3) is 0.667. The van der Waals surface area contributed by atoms with Crippen molar-refractivity contribution in [2.24, 2.45) is 0 Å². The van der Waals surface area contributed by atoms with Crippen LogP contribution in [0.5, 0.6) is 0 Å². The number of methoxy groups -OCH3 is 1. The first-order valence-electron chi connectivity index (χ1n) is 5.71. The molecule has 0 aromatic carbocycles. The molecule has 0 bridgehead atoms. The molecule has 4 heteroatoms. The number of piperidine rings is 1. The van der Waals surface area contributed by atoms with Crippen molar-refractivity contribution in [3.63, 3.8) is 0 Å². The zero-order valence-electron chi connectivity index (χ0n) is 9.66. The van der Waals surface area contributed by atoms with Gasteiger partial charge in [0.15, 0.2) is 0 Å². The summed E-state index contributed by atoms with van der Waals surface area (Å²) < 4.78 is 10.6. The van der Waals surface area contributed by atoms with Gasteiger partial charge >= 0.3 is 0 Å². The van der Waals surface area contributed by atoms with E-state index in [0.29, 0.717) is 13.0 Å². The number of hydrogen-bond donors (Lipinski definition) is 2. The Labute approximate surface area is 95.6 Å². The van der Waals surface area contributed by atoms with Crippen LogP contribution in [0.2, 0.25) is 0 Å². The van der Waals surface area contributed by atoms with Crippen molar-refractivity contribution in [2.75, 3.05) is 20.2 Å². The molecule has 4 nitrogen and oxygen atoms in total. The smallest absolute Gasteiger partial charge is 0.129 e. The summed E-state index contributed by atoms with van der Waals surface area (Å²) in [4.78, 5) is 0. The number of furan rings is 1. The van der Waals surface area contributed by atoms with Gasteiger partial charge in [-0.1, -0.05) is 0 Å². The van der Waals surface area contributed by atoms with E-state index < -0.39 is 5.60 Å². The van der Waals surface area contributed by atoms with E-state index in [1.807, 2.05) is 12.1 Å². The van der Waals surface area contributed by atoms with Gasteiger partial charge in [0.2, 0.25) is 0 Å². The molecular weight excluding hydrogens is 206 g/mol. The lowest BCUT2D eigenvalue weighted by atomic mass is 9.88. The summed E-state index contributed by atoms with van der Waals surface area (Å²) in [6.45, 7) is 2.24. The number of ether oxygens (including phenoxy) is 1. The van der Waals surface area contributed by atoms with E-state index in [1.165, 1.54) is 0 Å². The lowest BCUT2D eigenvalue weighted by Crippen LogP contribution is -2.43. The first-order chi connectivity index (χ1) is 7.72. The second-order valence-electron chi connectivity index (χ2n) is 4.45. The highest BCUT2D eigenvalue weighted by atomic mass is 16.5. The Bertz CT molecular complexity index is 329. The van der Waals surface area contributed by atoms with Crippen molar-refractivity contribution < 1.29 is 14.3 Å². The molecule has 0 amide bonds. The second-order valence-corrected chi connectivity index (χ2v) is 4.45. The van der Waals surface area contributed by atoms with Gasteiger partial charge in [0, 0.05) is 13.5 Å². The lowest BCUT2D eigenvalue weighted by molar-refractivity contribution is 0.00604. The molecule has 1 aromatic rings. The molecule has 1 saturated heterocycles. The van der Waals surface area contributed by atoms with Crippen LogP contribution in [-0.2, 0) is 17.8 Å². The molecular formula is C12H19NO3. The average Bonchev–Trinajstić information content (AvgIpc) is 2.66. The van der Waals surface area contributed by atoms with Gasteiger partial charge in [-0.3, -0.25) is 0 Å². The molecule has 0 radical (unpaired) electrons. The molecule has 0 unspecified atom stereocenters. The van der Waals surface area contributed by atoms with Crippen molar-refractivity contribution in [1.82, 2.24) is 5.32 Å². The lowest BCUT2D eigenvalue weighted by Gasteiger charge is -2.31. The van der Waals surface area contributed by atoms with Crippen molar-refractivity contribution in [1.29, 1.82) is 0 Å². The Morgan fingerprint density at radius 2 is 2.06 bits per heavy atom. The minimum atomic E-state index is -0.604. The van der Waals surface area contributed by atoms with Gasteiger partial charge in [-0.05, 0) is 38.1 Å². The Balaban J connectivity index is 1.96. The molecule has 2 N–H and O–H groups in total. The standard InChI is InChI=1S/C12H19NO3/c1-15-9-11-3-2-10(16-11)8-12(14)4-6-13-7-5-12/h2-3,13-14H,4-9H2,1H3. The third kappa shape index (κ3) is 2.84. The van der Waals surface area contributed by atoms with E-state index in [4.69, 9.17) is 9.15 Å². The van der Waals surface area contributed by atoms with Crippen LogP contribution < -0.4 is 5.32 Å². The Morgan fingerprint density at radius 1 is 1.38 bits per heavy atom. The van der Waals surface area contributed by atoms with E-state index in [-0.39, 0.29) is 0 Å². The third-order valence-electron chi connectivity index (χ3n) is 3.04. The molecule has 2 rings (SSSR count). The normalized spacial score (nSPS) is 19.9. The SMILES string of the molecule is COCc1ccc(CC2(O)CCNCC2)o1. The van der Waals surface area contributed by atoms with E-state index >= 15 is 0 Å². The number of rotatable bonds is 4. The molecule has 1 aliphatic heterocycles. The monoisotopic (exact) mass is 225 g/mol. The quantitative estimate of drug-likeness (QED) is 0.805. The van der Waals surface area contributed by atoms with Crippen LogP contribution in [0.4, 0.5) is 0 Å². The first kappa shape index (κ1) is 11.6. The van der Waals surface area contributed by atoms with Gasteiger partial charge in [0.25, 0.3) is 0 Å². The van der Waals surface area contributed by atoms with Gasteiger partial charge in [-0.25, -0.2) is 0 Å². The Kier molecular flexibility index (Phi) is 3.63. The van der Waals surface area contributed by atoms with E-state index in [1.54, 1.807) is 7.11 Å². The maximum atomic E-state index is 10.3. The third-order valence-corrected chi connectivity index (χ3v) is 3.04. The van der Waals surface area contributed by atoms with E-state index in [2.05, 4.69) is 5.32 Å². The summed E-state index contributed by atoms with van der Waals surface area (Å²) in [7, 11) is 1.64. The van der Waals surface area contributed by atoms with Crippen molar-refractivity contribution in [2.45, 2.75) is 31.5 Å². The highest BCUT2D eigenvalue weighted by Gasteiger charge is 2.30. The minimum Gasteiger partial charge on any atom is -0.464 e. The maximum absolute atomic E-state index is 10.3. The van der Waals surface area contributed by atoms with Crippen LogP contribution in [0.1, 0.15) is 24.4 Å². The fourth-order valence-corrected chi connectivity index (χ4v) is 2.13. The molecule has 1 aromatic heterocycles. The molecule has 0 aliphatic carbocycles. The van der Waals surface area contributed by atoms with Crippen LogP contribution in [0.3, 0.4) is 0 Å². The van der Waals surface area contributed by atoms with Gasteiger partial charge in [-0.2, -0.15) is 0 Å². The number of aliphatic hydroxyl groups is 1. The average molecular weight is 225 g/mol. The van der Waals surface area contributed by atoms with Crippen LogP contribution in [0.25, 0.3) is 0 Å². The van der Waals surface area contributed by atoms with Crippen LogP contribution in [-0.4, -0.2) is 30.9 Å². The highest BCUT2D eigenvalue weighted by Crippen LogP contribution is 2.24. The predicted molar refractivity (Wildman–Crippen MR) is 60.2 cm³/mol. The molecule has 2 heterocycles. The maximum Gasteiger partial charge on any atom is 0.129 e. The zero-order chi connectivity index (χ0) is 11.4. The van der Waals surface area contributed by atoms with Gasteiger partial charge in [0.1, 0.15) is 18.1 Å². The van der Waals surface area contributed by atoms with Crippen LogP contribution in [0.15, 0.2) is 16.5 Å². The molecule has 1 fully saturated rings. The Morgan fingerprint density at radius 3 is 2.75 bits per heavy atom. The van der Waals surface area contributed by atoms with Crippen molar-refractivity contribution in [3.05, 3.63) is 23.7 Å². The van der Waals surface area contributed by atoms with Crippen LogP contribution >= 0.6 is 0 Å². The van der Waals surface area contributed by atoms with Gasteiger partial charge in [0.05, 0.1) is 5.60 Å². The molecule has 90 valence electrons. The Hall–Kier alpha value is -0.840. The number of hydrogen-bond acceptors (Lipinski definition) is 4. The molecule has 0 spiro atoms. The summed E-state index contributed by atoms with van der Waals surface area (Å²) >= 11 is 0. The summed E-state index contributed by atoms with van der Waals surface area (Å²) in [6.07, 6.45) is 2.17. The van der Waals surface area contributed by atoms with Crippen molar-refractivity contribution >= 4 is 0 Å². The van der Waals surface area contributed by atoms with Gasteiger partial charge < -0.3 is 19.6 Å². The summed E-state index contributed by atoms with van der Waals surface area (Å²) in [5, 5.41) is 13.6. The van der Waals surface area contributed by atoms with E-state index in [9.17, 15) is 5.11 Å². The summed E-state index contributed by atoms with van der Waals surface area (Å²) in [5.74, 6) is 1.66. The van der Waals surface area contributed by atoms with Gasteiger partial charge in [-0.15, -0.1) is 0 Å². The predicted octanol–water partition coefficient (Wildman–Crippen LogP) is 1.08. The van der Waals surface area contributed by atoms with Crippen molar-refractivity contribution in [3.8, 4) is 0 Å². The largest absolute Gasteiger partial charge is 0.464 e. The minimum absolute atomic E-state index is 0.486. The van der Waals surface area contributed by atoms with E-state index in [0.717, 1.165) is 37.5 Å². The molecule has 1 aliphatic rings. The highest BCUT2D eigenvalue weighted by molar-refractivity contribution is 5.09. The molecule has 16 heavy (non-hydrogen) atoms. The molecule has 0 saturated carbocycles. The first-order valence-corrected chi connectivity index (χ1v) is 5.71. The fourth-order valence-electron chi connectivity index (χ4n) is 2.13. The summed E-state index contributed by atoms with van der Waals surface area (Å²) in [5.41, 5.74) is -0.604. The summed E-state index contributed by atoms with van der Waals surface area (Å²) in [6, 6.07) is 3.83. The zero-order valence-corrected chi connectivity index (χ0v) is 9.66. The number of nitrogens with one attached hydrogen (secondary N) is 1. The topological polar surface area (TPSA) is 54.6 Å². The second kappa shape index (κ2) is 4.99. The van der Waals surface area contributed by atoms with Crippen LogP contribution in [0, 0.1) is 0 Å².